The van der Waals surface area contributed by atoms with Crippen LogP contribution < -0.4 is 4.74 Å². The first-order valence-corrected chi connectivity index (χ1v) is 13.5. The molecule has 0 saturated heterocycles. The third-order valence-electron chi connectivity index (χ3n) is 7.63. The molecule has 6 nitrogen and oxygen atoms in total. The summed E-state index contributed by atoms with van der Waals surface area (Å²) in [6.07, 6.45) is 2.01. The predicted molar refractivity (Wildman–Crippen MR) is 149 cm³/mol. The first-order chi connectivity index (χ1) is 18.6. The smallest absolute Gasteiger partial charge is 0.340 e. The fourth-order valence-corrected chi connectivity index (χ4v) is 6.77. The number of hydrogen-bond donors (Lipinski definition) is 0. The van der Waals surface area contributed by atoms with Gasteiger partial charge < -0.3 is 14.0 Å². The summed E-state index contributed by atoms with van der Waals surface area (Å²) in [6, 6.07) is 24.0. The van der Waals surface area contributed by atoms with Crippen LogP contribution >= 0.6 is 11.3 Å². The van der Waals surface area contributed by atoms with E-state index in [0.29, 0.717) is 5.56 Å². The van der Waals surface area contributed by atoms with E-state index in [4.69, 9.17) is 14.5 Å². The highest BCUT2D eigenvalue weighted by Crippen LogP contribution is 2.53. The molecule has 38 heavy (non-hydrogen) atoms. The molecule has 0 bridgehead atoms. The lowest BCUT2D eigenvalue weighted by atomic mass is 9.79. The molecule has 7 heteroatoms. The minimum Gasteiger partial charge on any atom is -0.497 e. The predicted octanol–water partition coefficient (Wildman–Crippen LogP) is 6.82. The Morgan fingerprint density at radius 2 is 1.79 bits per heavy atom. The van der Waals surface area contributed by atoms with Crippen LogP contribution in [0.5, 0.6) is 5.75 Å². The van der Waals surface area contributed by atoms with Crippen LogP contribution in [-0.4, -0.2) is 27.0 Å². The standard InChI is InChI=1S/C31H25N3O3S/c1-4-33-19(2)26(23-10-6-8-12-25(23)33)31(24-11-7-5-9-22(24)29(35)37-31)28-27(32-30-34(28)17-18-38-30)20-13-15-21(36-3)16-14-20/h5-18H,4H2,1-3H3. The fourth-order valence-electron chi connectivity index (χ4n) is 6.05. The number of imidazole rings is 1. The van der Waals surface area contributed by atoms with E-state index in [0.717, 1.165) is 61.9 Å². The summed E-state index contributed by atoms with van der Waals surface area (Å²) in [6.45, 7) is 5.06. The summed E-state index contributed by atoms with van der Waals surface area (Å²) < 4.78 is 16.4. The molecule has 1 atom stereocenters. The number of esters is 1. The van der Waals surface area contributed by atoms with Crippen LogP contribution in [0.4, 0.5) is 0 Å². The van der Waals surface area contributed by atoms with E-state index in [1.54, 1.807) is 18.4 Å². The number of para-hydroxylation sites is 1. The molecule has 3 aromatic carbocycles. The molecular formula is C31H25N3O3S. The number of carbonyl (C=O) groups is 1. The van der Waals surface area contributed by atoms with E-state index in [9.17, 15) is 4.79 Å². The van der Waals surface area contributed by atoms with Crippen molar-refractivity contribution in [3.05, 3.63) is 112 Å². The van der Waals surface area contributed by atoms with E-state index in [-0.39, 0.29) is 5.97 Å². The zero-order chi connectivity index (χ0) is 26.0. The van der Waals surface area contributed by atoms with Gasteiger partial charge in [-0.15, -0.1) is 11.3 Å². The molecule has 0 radical (unpaired) electrons. The number of nitrogens with zero attached hydrogens (tertiary/aromatic N) is 3. The van der Waals surface area contributed by atoms with Crippen LogP contribution in [0.15, 0.2) is 84.4 Å². The Balaban J connectivity index is 1.66. The van der Waals surface area contributed by atoms with Crippen LogP contribution in [-0.2, 0) is 16.9 Å². The number of cyclic esters (lactones) is 1. The largest absolute Gasteiger partial charge is 0.497 e. The molecule has 0 amide bonds. The van der Waals surface area contributed by atoms with Crippen LogP contribution in [0.2, 0.25) is 0 Å². The van der Waals surface area contributed by atoms with Crippen molar-refractivity contribution < 1.29 is 14.3 Å². The van der Waals surface area contributed by atoms with E-state index in [1.807, 2.05) is 66.2 Å². The Hall–Kier alpha value is -4.36. The van der Waals surface area contributed by atoms with Gasteiger partial charge in [-0.2, -0.15) is 0 Å². The Morgan fingerprint density at radius 1 is 1.03 bits per heavy atom. The van der Waals surface area contributed by atoms with Crippen LogP contribution in [0.1, 0.15) is 39.8 Å². The molecule has 188 valence electrons. The maximum Gasteiger partial charge on any atom is 0.340 e. The SMILES string of the molecule is CCn1c(C)c(C2(c3c(-c4ccc(OC)cc4)nc4sccn34)OC(=O)c3ccccc32)c2ccccc21. The van der Waals surface area contributed by atoms with Crippen LogP contribution in [0.25, 0.3) is 27.1 Å². The zero-order valence-electron chi connectivity index (χ0n) is 21.3. The number of carbonyl (C=O) groups excluding carboxylic acids is 1. The number of methoxy groups -OCH3 is 1. The van der Waals surface area contributed by atoms with Gasteiger partial charge in [0.15, 0.2) is 4.96 Å². The number of thiazole rings is 1. The van der Waals surface area contributed by atoms with E-state index in [2.05, 4.69) is 41.0 Å². The maximum absolute atomic E-state index is 13.6. The fraction of sp³-hybridized carbons (Fsp3) is 0.161. The first-order valence-electron chi connectivity index (χ1n) is 12.6. The molecule has 6 aromatic rings. The monoisotopic (exact) mass is 519 g/mol. The number of aromatic nitrogens is 3. The lowest BCUT2D eigenvalue weighted by Gasteiger charge is -2.31. The molecule has 0 aliphatic carbocycles. The third kappa shape index (κ3) is 2.93. The Morgan fingerprint density at radius 3 is 2.58 bits per heavy atom. The molecular weight excluding hydrogens is 494 g/mol. The van der Waals surface area contributed by atoms with Gasteiger partial charge in [-0.1, -0.05) is 36.4 Å². The Bertz CT molecular complexity index is 1860. The molecule has 0 saturated carbocycles. The number of ether oxygens (including phenoxy) is 2. The van der Waals surface area contributed by atoms with Gasteiger partial charge in [0.2, 0.25) is 5.60 Å². The molecule has 1 unspecified atom stereocenters. The van der Waals surface area contributed by atoms with Crippen molar-refractivity contribution in [3.63, 3.8) is 0 Å². The van der Waals surface area contributed by atoms with Gasteiger partial charge in [0.25, 0.3) is 0 Å². The number of hydrogen-bond acceptors (Lipinski definition) is 5. The summed E-state index contributed by atoms with van der Waals surface area (Å²) in [4.78, 5) is 19.5. The molecule has 1 aliphatic rings. The number of fused-ring (bicyclic) bond motifs is 3. The number of rotatable bonds is 5. The van der Waals surface area contributed by atoms with Crippen molar-refractivity contribution >= 4 is 33.2 Å². The van der Waals surface area contributed by atoms with Gasteiger partial charge in [-0.25, -0.2) is 9.78 Å². The summed E-state index contributed by atoms with van der Waals surface area (Å²) in [5.41, 5.74) is 5.86. The second-order valence-corrected chi connectivity index (χ2v) is 10.3. The number of benzene rings is 3. The van der Waals surface area contributed by atoms with Gasteiger partial charge in [0, 0.05) is 51.4 Å². The second-order valence-electron chi connectivity index (χ2n) is 9.43. The lowest BCUT2D eigenvalue weighted by molar-refractivity contribution is 0.0240. The zero-order valence-corrected chi connectivity index (χ0v) is 22.1. The second kappa shape index (κ2) is 8.33. The van der Waals surface area contributed by atoms with E-state index < -0.39 is 5.60 Å². The minimum absolute atomic E-state index is 0.334. The van der Waals surface area contributed by atoms with Gasteiger partial charge in [0.1, 0.15) is 11.4 Å². The van der Waals surface area contributed by atoms with Crippen molar-refractivity contribution in [2.45, 2.75) is 26.0 Å². The van der Waals surface area contributed by atoms with Crippen molar-refractivity contribution in [2.75, 3.05) is 7.11 Å². The molecule has 4 heterocycles. The van der Waals surface area contributed by atoms with Gasteiger partial charge >= 0.3 is 5.97 Å². The van der Waals surface area contributed by atoms with Crippen LogP contribution in [0, 0.1) is 6.92 Å². The van der Waals surface area contributed by atoms with Gasteiger partial charge in [-0.3, -0.25) is 4.40 Å². The molecule has 0 fully saturated rings. The Labute approximate surface area is 223 Å². The molecule has 0 N–H and O–H groups in total. The Kier molecular flexibility index (Phi) is 5.00. The summed E-state index contributed by atoms with van der Waals surface area (Å²) in [5.74, 6) is 0.435. The molecule has 7 rings (SSSR count). The van der Waals surface area contributed by atoms with Crippen LogP contribution in [0.3, 0.4) is 0 Å². The average molecular weight is 520 g/mol. The van der Waals surface area contributed by atoms with E-state index in [1.165, 1.54) is 0 Å². The minimum atomic E-state index is -1.20. The molecule has 3 aromatic heterocycles. The summed E-state index contributed by atoms with van der Waals surface area (Å²) in [7, 11) is 1.66. The van der Waals surface area contributed by atoms with Crippen molar-refractivity contribution in [1.82, 2.24) is 14.0 Å². The lowest BCUT2D eigenvalue weighted by Crippen LogP contribution is -2.32. The third-order valence-corrected chi connectivity index (χ3v) is 8.39. The van der Waals surface area contributed by atoms with E-state index >= 15 is 0 Å². The van der Waals surface area contributed by atoms with Crippen molar-refractivity contribution in [1.29, 1.82) is 0 Å². The van der Waals surface area contributed by atoms with Gasteiger partial charge in [-0.05, 0) is 50.2 Å². The first kappa shape index (κ1) is 22.8. The van der Waals surface area contributed by atoms with Crippen molar-refractivity contribution in [3.8, 4) is 17.0 Å². The normalized spacial score (nSPS) is 16.8. The highest BCUT2D eigenvalue weighted by atomic mass is 32.1. The summed E-state index contributed by atoms with van der Waals surface area (Å²) >= 11 is 1.56. The highest BCUT2D eigenvalue weighted by Gasteiger charge is 2.54. The molecule has 0 spiro atoms. The average Bonchev–Trinajstić information content (AvgIpc) is 3.68. The molecule has 1 aliphatic heterocycles. The highest BCUT2D eigenvalue weighted by molar-refractivity contribution is 7.15. The van der Waals surface area contributed by atoms with Crippen molar-refractivity contribution in [2.24, 2.45) is 0 Å². The topological polar surface area (TPSA) is 57.8 Å². The van der Waals surface area contributed by atoms with Gasteiger partial charge in [0.05, 0.1) is 18.4 Å². The maximum atomic E-state index is 13.6. The number of aryl methyl sites for hydroxylation is 1. The quantitative estimate of drug-likeness (QED) is 0.235. The summed E-state index contributed by atoms with van der Waals surface area (Å²) in [5, 5.41) is 3.07.